The zero-order valence-corrected chi connectivity index (χ0v) is 15.2. The zero-order valence-electron chi connectivity index (χ0n) is 13.6. The van der Waals surface area contributed by atoms with Crippen molar-refractivity contribution in [1.82, 2.24) is 15.5 Å². The lowest BCUT2D eigenvalue weighted by molar-refractivity contribution is -0.125. The van der Waals surface area contributed by atoms with Crippen molar-refractivity contribution in [3.63, 3.8) is 0 Å². The summed E-state index contributed by atoms with van der Waals surface area (Å²) in [5, 5.41) is 6.28. The number of ether oxygens (including phenoxy) is 1. The number of carbonyl (C=O) groups is 1. The fraction of sp³-hybridized carbons (Fsp3) is 0.933. The van der Waals surface area contributed by atoms with Crippen LogP contribution in [0, 0.1) is 0 Å². The van der Waals surface area contributed by atoms with E-state index in [9.17, 15) is 4.79 Å². The number of hydrogen-bond donors (Lipinski definition) is 2. The van der Waals surface area contributed by atoms with Gasteiger partial charge in [0, 0.05) is 38.1 Å². The summed E-state index contributed by atoms with van der Waals surface area (Å²) in [4.78, 5) is 14.7. The third kappa shape index (κ3) is 6.20. The predicted molar refractivity (Wildman–Crippen MR) is 94.3 cm³/mol. The van der Waals surface area contributed by atoms with E-state index < -0.39 is 0 Å². The van der Waals surface area contributed by atoms with Crippen molar-refractivity contribution < 1.29 is 9.53 Å². The Morgan fingerprint density at radius 2 is 1.77 bits per heavy atom. The van der Waals surface area contributed by atoms with Gasteiger partial charge in [-0.15, -0.1) is 24.8 Å². The van der Waals surface area contributed by atoms with E-state index in [0.29, 0.717) is 6.42 Å². The molecule has 22 heavy (non-hydrogen) atoms. The Bertz CT molecular complexity index is 307. The van der Waals surface area contributed by atoms with Gasteiger partial charge in [-0.25, -0.2) is 0 Å². The number of hydrogen-bond acceptors (Lipinski definition) is 4. The summed E-state index contributed by atoms with van der Waals surface area (Å²) in [5.41, 5.74) is 0.103. The Hall–Kier alpha value is -0.0700. The van der Waals surface area contributed by atoms with Gasteiger partial charge >= 0.3 is 0 Å². The number of nitrogens with one attached hydrogen (secondary N) is 2. The average Bonchev–Trinajstić information content (AvgIpc) is 2.94. The topological polar surface area (TPSA) is 53.6 Å². The van der Waals surface area contributed by atoms with Gasteiger partial charge in [0.15, 0.2) is 0 Å². The van der Waals surface area contributed by atoms with Gasteiger partial charge in [0.25, 0.3) is 0 Å². The highest BCUT2D eigenvalue weighted by Crippen LogP contribution is 2.38. The van der Waals surface area contributed by atoms with E-state index in [2.05, 4.69) is 22.5 Å². The van der Waals surface area contributed by atoms with Gasteiger partial charge in [0.2, 0.25) is 5.91 Å². The molecule has 5 nitrogen and oxygen atoms in total. The highest BCUT2D eigenvalue weighted by atomic mass is 35.5. The van der Waals surface area contributed by atoms with E-state index in [1.165, 1.54) is 12.8 Å². The summed E-state index contributed by atoms with van der Waals surface area (Å²) in [6, 6.07) is 0. The van der Waals surface area contributed by atoms with Crippen molar-refractivity contribution in [2.45, 2.75) is 44.6 Å². The number of nitrogens with zero attached hydrogens (tertiary/aromatic N) is 1. The van der Waals surface area contributed by atoms with E-state index in [4.69, 9.17) is 4.74 Å². The molecule has 1 aliphatic heterocycles. The van der Waals surface area contributed by atoms with E-state index in [1.807, 2.05) is 0 Å². The van der Waals surface area contributed by atoms with Crippen LogP contribution in [0.3, 0.4) is 0 Å². The lowest BCUT2D eigenvalue weighted by atomic mass is 9.90. The lowest BCUT2D eigenvalue weighted by Crippen LogP contribution is -2.54. The molecule has 0 spiro atoms. The van der Waals surface area contributed by atoms with Gasteiger partial charge in [0.1, 0.15) is 0 Å². The summed E-state index contributed by atoms with van der Waals surface area (Å²) in [5.74, 6) is 0.205. The van der Waals surface area contributed by atoms with Gasteiger partial charge in [0.05, 0.1) is 13.2 Å². The van der Waals surface area contributed by atoms with Crippen LogP contribution in [0.2, 0.25) is 0 Å². The Kier molecular flexibility index (Phi) is 11.4. The van der Waals surface area contributed by atoms with E-state index in [-0.39, 0.29) is 36.3 Å². The first-order chi connectivity index (χ1) is 9.77. The fourth-order valence-corrected chi connectivity index (χ4v) is 3.50. The molecule has 2 N–H and O–H groups in total. The normalized spacial score (nSPS) is 20.8. The SMILES string of the molecule is CCNCCNC(=O)CC1(N2CCOCC2)CCCC1.Cl.Cl. The summed E-state index contributed by atoms with van der Waals surface area (Å²) >= 11 is 0. The lowest BCUT2D eigenvalue weighted by Gasteiger charge is -2.43. The fourth-order valence-electron chi connectivity index (χ4n) is 3.50. The minimum absolute atomic E-state index is 0. The second-order valence-corrected chi connectivity index (χ2v) is 5.91. The second kappa shape index (κ2) is 11.5. The predicted octanol–water partition coefficient (Wildman–Crippen LogP) is 1.59. The molecule has 1 amide bonds. The van der Waals surface area contributed by atoms with Crippen LogP contribution in [0.5, 0.6) is 0 Å². The molecule has 0 aromatic heterocycles. The summed E-state index contributed by atoms with van der Waals surface area (Å²) in [6.07, 6.45) is 5.48. The molecule has 132 valence electrons. The Morgan fingerprint density at radius 1 is 1.14 bits per heavy atom. The molecule has 0 unspecified atom stereocenters. The number of carbonyl (C=O) groups excluding carboxylic acids is 1. The molecular formula is C15H31Cl2N3O2. The maximum atomic E-state index is 12.2. The minimum Gasteiger partial charge on any atom is -0.379 e. The van der Waals surface area contributed by atoms with Crippen LogP contribution in [0.4, 0.5) is 0 Å². The third-order valence-electron chi connectivity index (χ3n) is 4.58. The van der Waals surface area contributed by atoms with Crippen LogP contribution in [-0.4, -0.2) is 62.3 Å². The number of halogens is 2. The molecule has 0 radical (unpaired) electrons. The maximum Gasteiger partial charge on any atom is 0.221 e. The molecule has 0 bridgehead atoms. The van der Waals surface area contributed by atoms with E-state index in [1.54, 1.807) is 0 Å². The Morgan fingerprint density at radius 3 is 2.36 bits per heavy atom. The highest BCUT2D eigenvalue weighted by Gasteiger charge is 2.41. The zero-order chi connectivity index (χ0) is 14.3. The molecule has 0 aromatic rings. The molecule has 1 saturated heterocycles. The molecular weight excluding hydrogens is 325 g/mol. The quantitative estimate of drug-likeness (QED) is 0.681. The average molecular weight is 356 g/mol. The molecule has 7 heteroatoms. The molecule has 1 aliphatic carbocycles. The third-order valence-corrected chi connectivity index (χ3v) is 4.58. The van der Waals surface area contributed by atoms with Crippen LogP contribution in [0.15, 0.2) is 0 Å². The largest absolute Gasteiger partial charge is 0.379 e. The smallest absolute Gasteiger partial charge is 0.221 e. The molecule has 0 atom stereocenters. The molecule has 1 saturated carbocycles. The first-order valence-corrected chi connectivity index (χ1v) is 8.07. The van der Waals surface area contributed by atoms with Gasteiger partial charge in [-0.05, 0) is 19.4 Å². The van der Waals surface area contributed by atoms with Crippen LogP contribution in [0.1, 0.15) is 39.0 Å². The van der Waals surface area contributed by atoms with Gasteiger partial charge in [-0.1, -0.05) is 19.8 Å². The molecule has 1 heterocycles. The van der Waals surface area contributed by atoms with Crippen LogP contribution >= 0.6 is 24.8 Å². The van der Waals surface area contributed by atoms with Crippen molar-refractivity contribution >= 4 is 30.7 Å². The van der Waals surface area contributed by atoms with Crippen LogP contribution in [-0.2, 0) is 9.53 Å². The molecule has 0 aromatic carbocycles. The van der Waals surface area contributed by atoms with Crippen molar-refractivity contribution in [2.75, 3.05) is 45.9 Å². The van der Waals surface area contributed by atoms with Gasteiger partial charge in [-0.2, -0.15) is 0 Å². The van der Waals surface area contributed by atoms with Gasteiger partial charge in [-0.3, -0.25) is 9.69 Å². The highest BCUT2D eigenvalue weighted by molar-refractivity contribution is 5.85. The van der Waals surface area contributed by atoms with Crippen molar-refractivity contribution in [3.05, 3.63) is 0 Å². The Labute approximate surface area is 146 Å². The minimum atomic E-state index is 0. The summed E-state index contributed by atoms with van der Waals surface area (Å²) in [7, 11) is 0. The van der Waals surface area contributed by atoms with E-state index in [0.717, 1.165) is 58.8 Å². The first-order valence-electron chi connectivity index (χ1n) is 8.07. The van der Waals surface area contributed by atoms with E-state index >= 15 is 0 Å². The van der Waals surface area contributed by atoms with Gasteiger partial charge < -0.3 is 15.4 Å². The number of rotatable bonds is 7. The second-order valence-electron chi connectivity index (χ2n) is 5.91. The maximum absolute atomic E-state index is 12.2. The van der Waals surface area contributed by atoms with Crippen LogP contribution in [0.25, 0.3) is 0 Å². The van der Waals surface area contributed by atoms with Crippen molar-refractivity contribution in [1.29, 1.82) is 0 Å². The summed E-state index contributed by atoms with van der Waals surface area (Å²) < 4.78 is 5.45. The monoisotopic (exact) mass is 355 g/mol. The summed E-state index contributed by atoms with van der Waals surface area (Å²) in [6.45, 7) is 8.18. The van der Waals surface area contributed by atoms with Crippen molar-refractivity contribution in [2.24, 2.45) is 0 Å². The van der Waals surface area contributed by atoms with Crippen LogP contribution < -0.4 is 10.6 Å². The molecule has 2 aliphatic rings. The number of likely N-dealkylation sites (N-methyl/N-ethyl adjacent to an activating group) is 1. The standard InChI is InChI=1S/C15H29N3O2.2ClH/c1-2-16-7-8-17-14(19)13-15(5-3-4-6-15)18-9-11-20-12-10-18;;/h16H,2-13H2,1H3,(H,17,19);2*1H. The molecule has 2 rings (SSSR count). The number of amides is 1. The Balaban J connectivity index is 0.00000220. The van der Waals surface area contributed by atoms with Crippen molar-refractivity contribution in [3.8, 4) is 0 Å². The first kappa shape index (κ1) is 21.9. The number of morpholine rings is 1. The molecule has 2 fully saturated rings.